The zero-order valence-corrected chi connectivity index (χ0v) is 12.5. The molecular weight excluding hydrogens is 270 g/mol. The quantitative estimate of drug-likeness (QED) is 0.803. The Morgan fingerprint density at radius 2 is 2.00 bits per heavy atom. The van der Waals surface area contributed by atoms with E-state index < -0.39 is 0 Å². The Morgan fingerprint density at radius 1 is 1.23 bits per heavy atom. The van der Waals surface area contributed by atoms with Gasteiger partial charge in [0.1, 0.15) is 0 Å². The number of nitrogens with zero attached hydrogens (tertiary/aromatic N) is 1. The molecule has 0 unspecified atom stereocenters. The van der Waals surface area contributed by atoms with Gasteiger partial charge in [-0.15, -0.1) is 0 Å². The Hall–Kier alpha value is -2.60. The van der Waals surface area contributed by atoms with E-state index in [2.05, 4.69) is 23.5 Å². The molecule has 2 heterocycles. The lowest BCUT2D eigenvalue weighted by Gasteiger charge is -2.24. The average molecular weight is 289 g/mol. The van der Waals surface area contributed by atoms with Crippen molar-refractivity contribution in [1.29, 1.82) is 10.7 Å². The number of allylic oxidation sites excluding steroid dienone is 5. The molecule has 1 aliphatic carbocycles. The molecule has 110 valence electrons. The SMILES string of the molecule is N#Cc1ccccc1/C1=C/N/C(C=N)=C/C2CCC(=C1)CC2. The third-order valence-corrected chi connectivity index (χ3v) is 4.36. The van der Waals surface area contributed by atoms with E-state index in [0.717, 1.165) is 42.5 Å². The van der Waals surface area contributed by atoms with Crippen molar-refractivity contribution < 1.29 is 0 Å². The van der Waals surface area contributed by atoms with E-state index in [1.54, 1.807) is 0 Å². The highest BCUT2D eigenvalue weighted by Crippen LogP contribution is 2.33. The molecule has 0 aromatic heterocycles. The molecule has 1 saturated carbocycles. The lowest BCUT2D eigenvalue weighted by Crippen LogP contribution is -2.14. The molecule has 2 bridgehead atoms. The van der Waals surface area contributed by atoms with Gasteiger partial charge in [0.2, 0.25) is 0 Å². The van der Waals surface area contributed by atoms with Crippen LogP contribution in [-0.4, -0.2) is 6.21 Å². The molecule has 4 rings (SSSR count). The predicted molar refractivity (Wildman–Crippen MR) is 89.2 cm³/mol. The lowest BCUT2D eigenvalue weighted by atomic mass is 9.83. The zero-order chi connectivity index (χ0) is 15.4. The summed E-state index contributed by atoms with van der Waals surface area (Å²) in [5.41, 5.74) is 4.91. The highest BCUT2D eigenvalue weighted by atomic mass is 14.9. The minimum atomic E-state index is 0.558. The van der Waals surface area contributed by atoms with E-state index in [9.17, 15) is 5.26 Å². The van der Waals surface area contributed by atoms with Crippen LogP contribution in [0.3, 0.4) is 0 Å². The van der Waals surface area contributed by atoms with E-state index in [4.69, 9.17) is 5.41 Å². The van der Waals surface area contributed by atoms with Crippen LogP contribution in [0.4, 0.5) is 0 Å². The fourth-order valence-electron chi connectivity index (χ4n) is 3.12. The maximum Gasteiger partial charge on any atom is 0.0998 e. The van der Waals surface area contributed by atoms with E-state index in [1.165, 1.54) is 11.8 Å². The van der Waals surface area contributed by atoms with E-state index in [0.29, 0.717) is 11.5 Å². The third kappa shape index (κ3) is 3.01. The van der Waals surface area contributed by atoms with Crippen LogP contribution in [-0.2, 0) is 0 Å². The first-order valence-electron chi connectivity index (χ1n) is 7.68. The standard InChI is InChI=1S/C19H19N3/c20-11-16-3-1-2-4-19(16)17-9-14-5-7-15(8-6-14)10-18(12-21)22-13-17/h1-4,9-10,12-13,15,21-22H,5-8H2/b14-9?,17-13+,18-10+,21-12?. The van der Waals surface area contributed by atoms with Crippen molar-refractivity contribution in [2.75, 3.05) is 0 Å². The number of nitriles is 1. The molecule has 1 aromatic rings. The Morgan fingerprint density at radius 3 is 2.73 bits per heavy atom. The summed E-state index contributed by atoms with van der Waals surface area (Å²) >= 11 is 0. The molecule has 0 saturated heterocycles. The Kier molecular flexibility index (Phi) is 4.20. The van der Waals surface area contributed by atoms with Crippen LogP contribution >= 0.6 is 0 Å². The zero-order valence-electron chi connectivity index (χ0n) is 12.5. The number of fused-ring (bicyclic) bond motifs is 5. The fourth-order valence-corrected chi connectivity index (χ4v) is 3.12. The van der Waals surface area contributed by atoms with Crippen LogP contribution in [0.15, 0.2) is 53.9 Å². The first kappa shape index (κ1) is 14.3. The van der Waals surface area contributed by atoms with Crippen molar-refractivity contribution in [3.8, 4) is 6.07 Å². The largest absolute Gasteiger partial charge is 0.360 e. The molecule has 3 aliphatic rings. The summed E-state index contributed by atoms with van der Waals surface area (Å²) in [4.78, 5) is 0. The molecule has 0 radical (unpaired) electrons. The molecule has 1 aromatic carbocycles. The number of nitrogens with one attached hydrogen (secondary N) is 2. The number of rotatable bonds is 2. The van der Waals surface area contributed by atoms with Crippen molar-refractivity contribution in [3.05, 3.63) is 65.0 Å². The number of benzene rings is 1. The summed E-state index contributed by atoms with van der Waals surface area (Å²) < 4.78 is 0. The summed E-state index contributed by atoms with van der Waals surface area (Å²) in [6.07, 6.45) is 12.1. The first-order chi connectivity index (χ1) is 10.8. The van der Waals surface area contributed by atoms with Gasteiger partial charge in [0.25, 0.3) is 0 Å². The molecule has 3 heteroatoms. The predicted octanol–water partition coefficient (Wildman–Crippen LogP) is 4.15. The van der Waals surface area contributed by atoms with Gasteiger partial charge in [-0.2, -0.15) is 5.26 Å². The number of hydrogen-bond acceptors (Lipinski definition) is 3. The summed E-state index contributed by atoms with van der Waals surface area (Å²) in [6, 6.07) is 9.94. The van der Waals surface area contributed by atoms with Gasteiger partial charge in [0, 0.05) is 18.0 Å². The molecule has 1 fully saturated rings. The minimum absolute atomic E-state index is 0.558. The van der Waals surface area contributed by atoms with Gasteiger partial charge in [0.05, 0.1) is 17.3 Å². The first-order valence-corrected chi connectivity index (χ1v) is 7.68. The molecular formula is C19H19N3. The van der Waals surface area contributed by atoms with E-state index >= 15 is 0 Å². The van der Waals surface area contributed by atoms with Crippen molar-refractivity contribution in [2.45, 2.75) is 25.7 Å². The van der Waals surface area contributed by atoms with Crippen LogP contribution in [0.25, 0.3) is 5.57 Å². The van der Waals surface area contributed by atoms with Crippen molar-refractivity contribution in [3.63, 3.8) is 0 Å². The minimum Gasteiger partial charge on any atom is -0.360 e. The second-order valence-electron chi connectivity index (χ2n) is 5.81. The van der Waals surface area contributed by atoms with Crippen LogP contribution in [0, 0.1) is 22.7 Å². The van der Waals surface area contributed by atoms with Gasteiger partial charge in [-0.3, -0.25) is 0 Å². The van der Waals surface area contributed by atoms with Crippen molar-refractivity contribution >= 4 is 11.8 Å². The van der Waals surface area contributed by atoms with Gasteiger partial charge >= 0.3 is 0 Å². The maximum absolute atomic E-state index is 9.34. The maximum atomic E-state index is 9.34. The summed E-state index contributed by atoms with van der Waals surface area (Å²) in [5, 5.41) is 20.1. The van der Waals surface area contributed by atoms with Crippen LogP contribution in [0.1, 0.15) is 36.8 Å². The summed E-state index contributed by atoms with van der Waals surface area (Å²) in [6.45, 7) is 0. The summed E-state index contributed by atoms with van der Waals surface area (Å²) in [7, 11) is 0. The van der Waals surface area contributed by atoms with Crippen LogP contribution in [0.2, 0.25) is 0 Å². The smallest absolute Gasteiger partial charge is 0.0998 e. The van der Waals surface area contributed by atoms with Crippen molar-refractivity contribution in [2.24, 2.45) is 5.92 Å². The molecule has 2 N–H and O–H groups in total. The molecule has 0 amide bonds. The second kappa shape index (κ2) is 6.44. The van der Waals surface area contributed by atoms with Gasteiger partial charge in [-0.05, 0) is 43.2 Å². The fraction of sp³-hybridized carbons (Fsp3) is 0.263. The Bertz CT molecular complexity index is 706. The third-order valence-electron chi connectivity index (χ3n) is 4.36. The highest BCUT2D eigenvalue weighted by Gasteiger charge is 2.17. The molecule has 0 atom stereocenters. The van der Waals surface area contributed by atoms with E-state index in [-0.39, 0.29) is 0 Å². The van der Waals surface area contributed by atoms with Gasteiger partial charge in [-0.1, -0.05) is 35.9 Å². The average Bonchev–Trinajstić information content (AvgIpc) is 2.59. The molecule has 2 aliphatic heterocycles. The second-order valence-corrected chi connectivity index (χ2v) is 5.81. The number of hydrogen-bond donors (Lipinski definition) is 2. The Labute approximate surface area is 131 Å². The van der Waals surface area contributed by atoms with Gasteiger partial charge in [-0.25, -0.2) is 0 Å². The van der Waals surface area contributed by atoms with E-state index in [1.807, 2.05) is 30.5 Å². The topological polar surface area (TPSA) is 59.7 Å². The monoisotopic (exact) mass is 289 g/mol. The van der Waals surface area contributed by atoms with Crippen molar-refractivity contribution in [1.82, 2.24) is 5.32 Å². The van der Waals surface area contributed by atoms with Crippen LogP contribution < -0.4 is 5.32 Å². The van der Waals surface area contributed by atoms with Gasteiger partial charge < -0.3 is 10.7 Å². The molecule has 22 heavy (non-hydrogen) atoms. The highest BCUT2D eigenvalue weighted by molar-refractivity contribution is 5.80. The Balaban J connectivity index is 2.08. The van der Waals surface area contributed by atoms with Gasteiger partial charge in [0.15, 0.2) is 0 Å². The summed E-state index contributed by atoms with van der Waals surface area (Å²) in [5.74, 6) is 0.558. The van der Waals surface area contributed by atoms with Crippen LogP contribution in [0.5, 0.6) is 0 Å². The molecule has 0 spiro atoms. The lowest BCUT2D eigenvalue weighted by molar-refractivity contribution is 0.485. The normalized spacial score (nSPS) is 25.6. The molecule has 3 nitrogen and oxygen atoms in total.